The van der Waals surface area contributed by atoms with Crippen molar-refractivity contribution in [1.29, 1.82) is 0 Å². The maximum atomic E-state index is 13.0. The highest BCUT2D eigenvalue weighted by Gasteiger charge is 2.40. The fourth-order valence-electron chi connectivity index (χ4n) is 3.41. The average Bonchev–Trinajstić information content (AvgIpc) is 3.29. The summed E-state index contributed by atoms with van der Waals surface area (Å²) >= 11 is 0. The molecule has 1 aliphatic heterocycles. The van der Waals surface area contributed by atoms with Crippen molar-refractivity contribution in [2.45, 2.75) is 30.7 Å². The van der Waals surface area contributed by atoms with Crippen molar-refractivity contribution in [3.05, 3.63) is 59.7 Å². The molecule has 1 heterocycles. The zero-order chi connectivity index (χ0) is 23.3. The monoisotopic (exact) mass is 460 g/mol. The molecule has 2 aromatic carbocycles. The molecule has 1 aliphatic rings. The number of benzene rings is 2. The van der Waals surface area contributed by atoms with Gasteiger partial charge in [0.2, 0.25) is 10.0 Å². The number of nitrogens with zero attached hydrogens (tertiary/aromatic N) is 1. The number of ether oxygens (including phenoxy) is 2. The predicted octanol–water partition coefficient (Wildman–Crippen LogP) is 2.12. The number of hydrogen-bond donors (Lipinski definition) is 1. The van der Waals surface area contributed by atoms with Crippen LogP contribution in [-0.4, -0.2) is 56.9 Å². The summed E-state index contributed by atoms with van der Waals surface area (Å²) in [5.41, 5.74) is 1.28. The minimum Gasteiger partial charge on any atom is -0.465 e. The lowest BCUT2D eigenvalue weighted by molar-refractivity contribution is -0.150. The second kappa shape index (κ2) is 9.92. The second-order valence-electron chi connectivity index (χ2n) is 7.28. The standard InChI is InChI=1S/C22H24N2O7S/c1-15-9-11-16(12-10-15)32(28,29)24-13-5-8-19(24)22(27)31-14-20(25)23-18-7-4-3-6-17(18)21(26)30-2/h3-4,6-7,9-12,19H,5,8,13-14H2,1-2H3,(H,23,25)/t19-/m1/s1. The predicted molar refractivity (Wildman–Crippen MR) is 115 cm³/mol. The summed E-state index contributed by atoms with van der Waals surface area (Å²) in [5.74, 6) is -2.09. The Morgan fingerprint density at radius 1 is 1.09 bits per heavy atom. The Kier molecular flexibility index (Phi) is 7.26. The van der Waals surface area contributed by atoms with Gasteiger partial charge < -0.3 is 14.8 Å². The van der Waals surface area contributed by atoms with E-state index in [9.17, 15) is 22.8 Å². The van der Waals surface area contributed by atoms with Crippen molar-refractivity contribution in [3.63, 3.8) is 0 Å². The number of amides is 1. The summed E-state index contributed by atoms with van der Waals surface area (Å²) in [5, 5.41) is 2.50. The Morgan fingerprint density at radius 2 is 1.78 bits per heavy atom. The van der Waals surface area contributed by atoms with Gasteiger partial charge in [0.1, 0.15) is 6.04 Å². The van der Waals surface area contributed by atoms with Crippen LogP contribution in [0, 0.1) is 6.92 Å². The van der Waals surface area contributed by atoms with E-state index in [1.165, 1.54) is 31.4 Å². The van der Waals surface area contributed by atoms with E-state index in [-0.39, 0.29) is 22.7 Å². The van der Waals surface area contributed by atoms with Gasteiger partial charge in [-0.15, -0.1) is 0 Å². The van der Waals surface area contributed by atoms with Gasteiger partial charge >= 0.3 is 11.9 Å². The molecule has 0 radical (unpaired) electrons. The van der Waals surface area contributed by atoms with E-state index in [2.05, 4.69) is 10.1 Å². The second-order valence-corrected chi connectivity index (χ2v) is 9.17. The molecule has 1 atom stereocenters. The number of carbonyl (C=O) groups is 3. The summed E-state index contributed by atoms with van der Waals surface area (Å²) in [6.07, 6.45) is 0.806. The van der Waals surface area contributed by atoms with E-state index in [1.807, 2.05) is 6.92 Å². The van der Waals surface area contributed by atoms with Crippen LogP contribution in [0.4, 0.5) is 5.69 Å². The van der Waals surface area contributed by atoms with Crippen LogP contribution >= 0.6 is 0 Å². The molecular weight excluding hydrogens is 436 g/mol. The lowest BCUT2D eigenvalue weighted by atomic mass is 10.2. The van der Waals surface area contributed by atoms with Crippen molar-refractivity contribution in [3.8, 4) is 0 Å². The zero-order valence-corrected chi connectivity index (χ0v) is 18.6. The van der Waals surface area contributed by atoms with E-state index in [4.69, 9.17) is 4.74 Å². The van der Waals surface area contributed by atoms with Crippen molar-refractivity contribution in [2.24, 2.45) is 0 Å². The molecule has 2 aromatic rings. The van der Waals surface area contributed by atoms with Crippen LogP contribution in [0.15, 0.2) is 53.4 Å². The molecule has 170 valence electrons. The highest BCUT2D eigenvalue weighted by atomic mass is 32.2. The van der Waals surface area contributed by atoms with Crippen LogP contribution in [0.1, 0.15) is 28.8 Å². The number of methoxy groups -OCH3 is 1. The quantitative estimate of drug-likeness (QED) is 0.629. The summed E-state index contributed by atoms with van der Waals surface area (Å²) in [7, 11) is -2.65. The van der Waals surface area contributed by atoms with Gasteiger partial charge in [-0.05, 0) is 44.0 Å². The first-order chi connectivity index (χ1) is 15.2. The van der Waals surface area contributed by atoms with Gasteiger partial charge in [-0.1, -0.05) is 29.8 Å². The highest BCUT2D eigenvalue weighted by molar-refractivity contribution is 7.89. The minimum absolute atomic E-state index is 0.0972. The van der Waals surface area contributed by atoms with Gasteiger partial charge in [-0.2, -0.15) is 4.31 Å². The number of para-hydroxylation sites is 1. The molecule has 1 amide bonds. The van der Waals surface area contributed by atoms with Crippen molar-refractivity contribution < 1.29 is 32.3 Å². The third-order valence-corrected chi connectivity index (χ3v) is 6.98. The van der Waals surface area contributed by atoms with Crippen LogP contribution in [0.25, 0.3) is 0 Å². The maximum absolute atomic E-state index is 13.0. The average molecular weight is 461 g/mol. The van der Waals surface area contributed by atoms with E-state index in [1.54, 1.807) is 24.3 Å². The molecule has 0 bridgehead atoms. The molecule has 0 unspecified atom stereocenters. The molecule has 32 heavy (non-hydrogen) atoms. The first-order valence-electron chi connectivity index (χ1n) is 9.96. The normalized spacial score (nSPS) is 16.4. The van der Waals surface area contributed by atoms with E-state index >= 15 is 0 Å². The molecule has 0 saturated carbocycles. The molecule has 1 N–H and O–H groups in total. The SMILES string of the molecule is COC(=O)c1ccccc1NC(=O)COC(=O)[C@H]1CCCN1S(=O)(=O)c1ccc(C)cc1. The van der Waals surface area contributed by atoms with Gasteiger partial charge in [0, 0.05) is 6.54 Å². The molecule has 0 aromatic heterocycles. The van der Waals surface area contributed by atoms with Gasteiger partial charge in [-0.25, -0.2) is 13.2 Å². The van der Waals surface area contributed by atoms with Crippen LogP contribution in [0.5, 0.6) is 0 Å². The molecule has 0 aliphatic carbocycles. The lowest BCUT2D eigenvalue weighted by Gasteiger charge is -2.22. The topological polar surface area (TPSA) is 119 Å². The van der Waals surface area contributed by atoms with E-state index in [0.717, 1.165) is 9.87 Å². The van der Waals surface area contributed by atoms with Crippen LogP contribution in [0.2, 0.25) is 0 Å². The molecule has 10 heteroatoms. The Bertz CT molecular complexity index is 1110. The van der Waals surface area contributed by atoms with Gasteiger partial charge in [0.25, 0.3) is 5.91 Å². The molecular formula is C22H24N2O7S. The molecule has 9 nitrogen and oxygen atoms in total. The number of esters is 2. The number of nitrogens with one attached hydrogen (secondary N) is 1. The third-order valence-electron chi connectivity index (χ3n) is 5.06. The zero-order valence-electron chi connectivity index (χ0n) is 17.7. The number of aryl methyl sites for hydroxylation is 1. The first-order valence-corrected chi connectivity index (χ1v) is 11.4. The fraction of sp³-hybridized carbons (Fsp3) is 0.318. The van der Waals surface area contributed by atoms with Crippen LogP contribution in [-0.2, 0) is 29.1 Å². The van der Waals surface area contributed by atoms with Crippen LogP contribution in [0.3, 0.4) is 0 Å². The van der Waals surface area contributed by atoms with Crippen LogP contribution < -0.4 is 5.32 Å². The minimum atomic E-state index is -3.87. The Hall–Kier alpha value is -3.24. The molecule has 1 saturated heterocycles. The van der Waals surface area contributed by atoms with Gasteiger partial charge in [0.05, 0.1) is 23.3 Å². The third kappa shape index (κ3) is 5.14. The number of hydrogen-bond acceptors (Lipinski definition) is 7. The van der Waals surface area contributed by atoms with Gasteiger partial charge in [0.15, 0.2) is 6.61 Å². The summed E-state index contributed by atoms with van der Waals surface area (Å²) in [6, 6.07) is 11.6. The Morgan fingerprint density at radius 3 is 2.47 bits per heavy atom. The number of carbonyl (C=O) groups excluding carboxylic acids is 3. The molecule has 0 spiro atoms. The number of rotatable bonds is 7. The molecule has 3 rings (SSSR count). The first kappa shape index (κ1) is 23.4. The largest absolute Gasteiger partial charge is 0.465 e. The smallest absolute Gasteiger partial charge is 0.339 e. The summed E-state index contributed by atoms with van der Waals surface area (Å²) < 4.78 is 36.8. The molecule has 1 fully saturated rings. The number of anilines is 1. The Balaban J connectivity index is 1.64. The lowest BCUT2D eigenvalue weighted by Crippen LogP contribution is -2.42. The van der Waals surface area contributed by atoms with Crippen molar-refractivity contribution >= 4 is 33.6 Å². The highest BCUT2D eigenvalue weighted by Crippen LogP contribution is 2.27. The Labute approximate surface area is 186 Å². The number of sulfonamides is 1. The van der Waals surface area contributed by atoms with E-state index < -0.39 is 40.5 Å². The summed E-state index contributed by atoms with van der Waals surface area (Å²) in [6.45, 7) is 1.42. The summed E-state index contributed by atoms with van der Waals surface area (Å²) in [4.78, 5) is 36.7. The van der Waals surface area contributed by atoms with Crippen molar-refractivity contribution in [2.75, 3.05) is 25.6 Å². The fourth-order valence-corrected chi connectivity index (χ4v) is 5.06. The maximum Gasteiger partial charge on any atom is 0.339 e. The van der Waals surface area contributed by atoms with Gasteiger partial charge in [-0.3, -0.25) is 9.59 Å². The van der Waals surface area contributed by atoms with E-state index in [0.29, 0.717) is 12.8 Å². The van der Waals surface area contributed by atoms with Crippen molar-refractivity contribution in [1.82, 2.24) is 4.31 Å².